The van der Waals surface area contributed by atoms with Crippen molar-refractivity contribution < 1.29 is 9.53 Å². The van der Waals surface area contributed by atoms with E-state index in [2.05, 4.69) is 5.32 Å². The first-order valence-corrected chi connectivity index (χ1v) is 5.20. The maximum atomic E-state index is 11.6. The van der Waals surface area contributed by atoms with Crippen LogP contribution in [-0.2, 0) is 9.53 Å². The molecule has 0 bridgehead atoms. The summed E-state index contributed by atoms with van der Waals surface area (Å²) in [5.41, 5.74) is 5.73. The second-order valence-corrected chi connectivity index (χ2v) is 4.25. The van der Waals surface area contributed by atoms with Gasteiger partial charge in [0, 0.05) is 6.61 Å². The molecule has 14 heavy (non-hydrogen) atoms. The average Bonchev–Trinajstić information content (AvgIpc) is 2.50. The lowest BCUT2D eigenvalue weighted by molar-refractivity contribution is -0.124. The Morgan fingerprint density at radius 3 is 2.64 bits per heavy atom. The quantitative estimate of drug-likeness (QED) is 0.687. The first kappa shape index (κ1) is 11.5. The van der Waals surface area contributed by atoms with Crippen molar-refractivity contribution in [1.29, 1.82) is 0 Å². The van der Waals surface area contributed by atoms with Crippen LogP contribution in [0.5, 0.6) is 0 Å². The summed E-state index contributed by atoms with van der Waals surface area (Å²) in [5.74, 6) is 0.106. The van der Waals surface area contributed by atoms with E-state index in [-0.39, 0.29) is 24.0 Å². The van der Waals surface area contributed by atoms with Gasteiger partial charge in [0.25, 0.3) is 0 Å². The van der Waals surface area contributed by atoms with E-state index in [1.54, 1.807) is 0 Å². The van der Waals surface area contributed by atoms with Gasteiger partial charge in [-0.3, -0.25) is 4.79 Å². The molecule has 4 nitrogen and oxygen atoms in total. The first-order valence-electron chi connectivity index (χ1n) is 5.20. The van der Waals surface area contributed by atoms with Gasteiger partial charge in [0.2, 0.25) is 5.91 Å². The second-order valence-electron chi connectivity index (χ2n) is 4.25. The van der Waals surface area contributed by atoms with Gasteiger partial charge in [-0.05, 0) is 19.3 Å². The van der Waals surface area contributed by atoms with Crippen molar-refractivity contribution in [2.24, 2.45) is 11.7 Å². The highest BCUT2D eigenvalue weighted by molar-refractivity contribution is 5.82. The van der Waals surface area contributed by atoms with Crippen LogP contribution in [0, 0.1) is 5.92 Å². The molecule has 0 saturated carbocycles. The van der Waals surface area contributed by atoms with Crippen LogP contribution in [0.15, 0.2) is 0 Å². The largest absolute Gasteiger partial charge is 0.376 e. The van der Waals surface area contributed by atoms with E-state index in [9.17, 15) is 4.79 Å². The number of amides is 1. The predicted molar refractivity (Wildman–Crippen MR) is 54.8 cm³/mol. The van der Waals surface area contributed by atoms with Gasteiger partial charge < -0.3 is 15.8 Å². The van der Waals surface area contributed by atoms with Crippen molar-refractivity contribution in [2.45, 2.75) is 45.4 Å². The summed E-state index contributed by atoms with van der Waals surface area (Å²) < 4.78 is 5.35. The third-order valence-corrected chi connectivity index (χ3v) is 2.72. The molecule has 1 amide bonds. The topological polar surface area (TPSA) is 64.3 Å². The summed E-state index contributed by atoms with van der Waals surface area (Å²) in [4.78, 5) is 11.6. The van der Waals surface area contributed by atoms with Gasteiger partial charge >= 0.3 is 0 Å². The van der Waals surface area contributed by atoms with E-state index < -0.39 is 6.04 Å². The lowest BCUT2D eigenvalue weighted by Gasteiger charge is -2.20. The second kappa shape index (κ2) is 4.75. The third-order valence-electron chi connectivity index (χ3n) is 2.72. The molecule has 0 aromatic carbocycles. The SMILES string of the molecule is CC1OCCC1NC(=O)[C@H](N)C(C)C. The van der Waals surface area contributed by atoms with Crippen molar-refractivity contribution in [3.05, 3.63) is 0 Å². The standard InChI is InChI=1S/C10H20N2O2/c1-6(2)9(11)10(13)12-8-4-5-14-7(8)3/h6-9H,4-5,11H2,1-3H3,(H,12,13)/t7?,8?,9-/m1/s1. The van der Waals surface area contributed by atoms with E-state index in [4.69, 9.17) is 10.5 Å². The maximum absolute atomic E-state index is 11.6. The molecule has 1 rings (SSSR count). The molecule has 1 saturated heterocycles. The smallest absolute Gasteiger partial charge is 0.237 e. The third kappa shape index (κ3) is 2.69. The highest BCUT2D eigenvalue weighted by atomic mass is 16.5. The van der Waals surface area contributed by atoms with E-state index in [0.29, 0.717) is 0 Å². The van der Waals surface area contributed by atoms with Crippen LogP contribution in [-0.4, -0.2) is 30.7 Å². The number of hydrogen-bond acceptors (Lipinski definition) is 3. The Balaban J connectivity index is 2.40. The van der Waals surface area contributed by atoms with Gasteiger partial charge in [-0.1, -0.05) is 13.8 Å². The summed E-state index contributed by atoms with van der Waals surface area (Å²) in [6, 6.07) is -0.282. The fraction of sp³-hybridized carbons (Fsp3) is 0.900. The summed E-state index contributed by atoms with van der Waals surface area (Å²) in [6.45, 7) is 6.58. The molecular formula is C10H20N2O2. The van der Waals surface area contributed by atoms with Gasteiger partial charge in [-0.2, -0.15) is 0 Å². The molecule has 4 heteroatoms. The molecule has 1 heterocycles. The van der Waals surface area contributed by atoms with Crippen molar-refractivity contribution in [2.75, 3.05) is 6.61 Å². The lowest BCUT2D eigenvalue weighted by atomic mass is 10.0. The Hall–Kier alpha value is -0.610. The minimum absolute atomic E-state index is 0.0673. The normalized spacial score (nSPS) is 29.2. The fourth-order valence-corrected chi connectivity index (χ4v) is 1.50. The number of rotatable bonds is 3. The summed E-state index contributed by atoms with van der Waals surface area (Å²) in [6.07, 6.45) is 0.996. The molecule has 2 unspecified atom stereocenters. The molecule has 3 atom stereocenters. The van der Waals surface area contributed by atoms with Crippen LogP contribution in [0.1, 0.15) is 27.2 Å². The Bertz CT molecular complexity index is 206. The molecule has 0 aromatic heterocycles. The molecule has 1 fully saturated rings. The molecule has 0 radical (unpaired) electrons. The van der Waals surface area contributed by atoms with Crippen molar-refractivity contribution in [3.8, 4) is 0 Å². The summed E-state index contributed by atoms with van der Waals surface area (Å²) >= 11 is 0. The zero-order chi connectivity index (χ0) is 10.7. The summed E-state index contributed by atoms with van der Waals surface area (Å²) in [5, 5.41) is 2.92. The Morgan fingerprint density at radius 1 is 1.57 bits per heavy atom. The molecule has 82 valence electrons. The maximum Gasteiger partial charge on any atom is 0.237 e. The minimum Gasteiger partial charge on any atom is -0.376 e. The van der Waals surface area contributed by atoms with Crippen LogP contribution in [0.2, 0.25) is 0 Å². The van der Waals surface area contributed by atoms with Gasteiger partial charge in [0.1, 0.15) is 0 Å². The van der Waals surface area contributed by atoms with Gasteiger partial charge in [-0.15, -0.1) is 0 Å². The number of nitrogens with one attached hydrogen (secondary N) is 1. The van der Waals surface area contributed by atoms with Gasteiger partial charge in [0.15, 0.2) is 0 Å². The van der Waals surface area contributed by atoms with Crippen molar-refractivity contribution in [1.82, 2.24) is 5.32 Å². The molecular weight excluding hydrogens is 180 g/mol. The Morgan fingerprint density at radius 2 is 2.21 bits per heavy atom. The molecule has 1 aliphatic heterocycles. The zero-order valence-corrected chi connectivity index (χ0v) is 9.12. The predicted octanol–water partition coefficient (Wildman–Crippen LogP) is 0.263. The molecule has 0 spiro atoms. The number of carbonyl (C=O) groups is 1. The van der Waals surface area contributed by atoms with Crippen LogP contribution in [0.4, 0.5) is 0 Å². The van der Waals surface area contributed by atoms with E-state index in [0.717, 1.165) is 13.0 Å². The average molecular weight is 200 g/mol. The van der Waals surface area contributed by atoms with E-state index in [1.807, 2.05) is 20.8 Å². The highest BCUT2D eigenvalue weighted by Crippen LogP contribution is 2.13. The Kier molecular flexibility index (Phi) is 3.89. The minimum atomic E-state index is -0.414. The van der Waals surface area contributed by atoms with E-state index >= 15 is 0 Å². The molecule has 3 N–H and O–H groups in total. The van der Waals surface area contributed by atoms with Crippen LogP contribution < -0.4 is 11.1 Å². The number of carbonyl (C=O) groups excluding carboxylic acids is 1. The summed E-state index contributed by atoms with van der Waals surface area (Å²) in [7, 11) is 0. The lowest BCUT2D eigenvalue weighted by Crippen LogP contribution is -2.49. The number of ether oxygens (including phenoxy) is 1. The molecule has 0 aliphatic carbocycles. The fourth-order valence-electron chi connectivity index (χ4n) is 1.50. The Labute approximate surface area is 85.2 Å². The monoisotopic (exact) mass is 200 g/mol. The van der Waals surface area contributed by atoms with Crippen molar-refractivity contribution in [3.63, 3.8) is 0 Å². The highest BCUT2D eigenvalue weighted by Gasteiger charge is 2.28. The van der Waals surface area contributed by atoms with Crippen LogP contribution in [0.3, 0.4) is 0 Å². The van der Waals surface area contributed by atoms with Gasteiger partial charge in [0.05, 0.1) is 18.2 Å². The molecule has 0 aromatic rings. The molecule has 1 aliphatic rings. The van der Waals surface area contributed by atoms with Gasteiger partial charge in [-0.25, -0.2) is 0 Å². The number of hydrogen-bond donors (Lipinski definition) is 2. The van der Waals surface area contributed by atoms with Crippen LogP contribution in [0.25, 0.3) is 0 Å². The van der Waals surface area contributed by atoms with Crippen LogP contribution >= 0.6 is 0 Å². The number of nitrogens with two attached hydrogens (primary N) is 1. The van der Waals surface area contributed by atoms with Crippen molar-refractivity contribution >= 4 is 5.91 Å². The first-order chi connectivity index (χ1) is 6.52. The zero-order valence-electron chi connectivity index (χ0n) is 9.12. The van der Waals surface area contributed by atoms with E-state index in [1.165, 1.54) is 0 Å².